The molecule has 0 atom stereocenters. The molecule has 0 bridgehead atoms. The number of fused-ring (bicyclic) bond motifs is 1. The van der Waals surface area contributed by atoms with Crippen LogP contribution in [0.1, 0.15) is 15.9 Å². The van der Waals surface area contributed by atoms with Crippen molar-refractivity contribution in [2.45, 2.75) is 6.54 Å². The summed E-state index contributed by atoms with van der Waals surface area (Å²) in [4.78, 5) is 12.0. The molecular formula is C15H11BrFNO3. The van der Waals surface area contributed by atoms with Gasteiger partial charge in [-0.25, -0.2) is 4.39 Å². The predicted octanol–water partition coefficient (Wildman–Crippen LogP) is 3.25. The van der Waals surface area contributed by atoms with Crippen LogP contribution in [-0.4, -0.2) is 12.7 Å². The van der Waals surface area contributed by atoms with Crippen molar-refractivity contribution in [3.63, 3.8) is 0 Å². The van der Waals surface area contributed by atoms with Gasteiger partial charge in [-0.15, -0.1) is 0 Å². The van der Waals surface area contributed by atoms with Crippen LogP contribution in [0.3, 0.4) is 0 Å². The fourth-order valence-corrected chi connectivity index (χ4v) is 2.29. The van der Waals surface area contributed by atoms with Gasteiger partial charge in [0.05, 0.1) is 4.47 Å². The number of carbonyl (C=O) groups is 1. The molecule has 1 heterocycles. The van der Waals surface area contributed by atoms with Crippen molar-refractivity contribution in [2.75, 3.05) is 6.79 Å². The van der Waals surface area contributed by atoms with E-state index in [1.54, 1.807) is 12.1 Å². The average molecular weight is 352 g/mol. The molecule has 0 aromatic heterocycles. The monoisotopic (exact) mass is 351 g/mol. The summed E-state index contributed by atoms with van der Waals surface area (Å²) in [5.74, 6) is 0.481. The van der Waals surface area contributed by atoms with E-state index in [1.165, 1.54) is 12.1 Å². The predicted molar refractivity (Wildman–Crippen MR) is 77.8 cm³/mol. The third-order valence-electron chi connectivity index (χ3n) is 3.10. The molecule has 1 aliphatic heterocycles. The Morgan fingerprint density at radius 2 is 2.14 bits per heavy atom. The first-order chi connectivity index (χ1) is 10.1. The van der Waals surface area contributed by atoms with Gasteiger partial charge in [-0.3, -0.25) is 4.79 Å². The number of halogens is 2. The molecule has 1 N–H and O–H groups in total. The number of benzene rings is 2. The first-order valence-corrected chi connectivity index (χ1v) is 7.05. The first kappa shape index (κ1) is 13.9. The molecular weight excluding hydrogens is 341 g/mol. The second-order valence-electron chi connectivity index (χ2n) is 4.46. The highest BCUT2D eigenvalue weighted by molar-refractivity contribution is 9.10. The fraction of sp³-hybridized carbons (Fsp3) is 0.133. The third kappa shape index (κ3) is 2.85. The highest BCUT2D eigenvalue weighted by Gasteiger charge is 2.17. The van der Waals surface area contributed by atoms with Gasteiger partial charge < -0.3 is 14.8 Å². The number of hydrogen-bond acceptors (Lipinski definition) is 3. The lowest BCUT2D eigenvalue weighted by Crippen LogP contribution is -2.23. The number of rotatable bonds is 3. The van der Waals surface area contributed by atoms with E-state index in [-0.39, 0.29) is 24.8 Å². The van der Waals surface area contributed by atoms with E-state index in [2.05, 4.69) is 21.2 Å². The molecule has 21 heavy (non-hydrogen) atoms. The first-order valence-electron chi connectivity index (χ1n) is 6.26. The normalized spacial score (nSPS) is 12.3. The molecule has 1 amide bonds. The Kier molecular flexibility index (Phi) is 3.79. The molecule has 6 heteroatoms. The Balaban J connectivity index is 1.72. The zero-order valence-electron chi connectivity index (χ0n) is 10.9. The molecule has 4 nitrogen and oxygen atoms in total. The van der Waals surface area contributed by atoms with Crippen LogP contribution < -0.4 is 14.8 Å². The van der Waals surface area contributed by atoms with Crippen LogP contribution in [0.2, 0.25) is 0 Å². The summed E-state index contributed by atoms with van der Waals surface area (Å²) in [6, 6.07) is 9.72. The number of para-hydroxylation sites is 1. The number of ether oxygens (including phenoxy) is 2. The number of hydrogen-bond donors (Lipinski definition) is 1. The quantitative estimate of drug-likeness (QED) is 0.923. The molecule has 0 unspecified atom stereocenters. The van der Waals surface area contributed by atoms with Crippen LogP contribution >= 0.6 is 15.9 Å². The minimum Gasteiger partial charge on any atom is -0.454 e. The minimum atomic E-state index is -0.472. The van der Waals surface area contributed by atoms with Gasteiger partial charge in [0.1, 0.15) is 5.82 Å². The summed E-state index contributed by atoms with van der Waals surface area (Å²) in [5.41, 5.74) is 1.08. The largest absolute Gasteiger partial charge is 0.454 e. The summed E-state index contributed by atoms with van der Waals surface area (Å²) in [7, 11) is 0. The summed E-state index contributed by atoms with van der Waals surface area (Å²) in [5, 5.41) is 2.74. The van der Waals surface area contributed by atoms with E-state index in [0.717, 1.165) is 5.56 Å². The van der Waals surface area contributed by atoms with Crippen molar-refractivity contribution in [3.05, 3.63) is 57.8 Å². The van der Waals surface area contributed by atoms with Gasteiger partial charge in [-0.2, -0.15) is 0 Å². The molecule has 108 valence electrons. The lowest BCUT2D eigenvalue weighted by Gasteiger charge is -2.08. The van der Waals surface area contributed by atoms with Gasteiger partial charge in [0.2, 0.25) is 6.79 Å². The summed E-state index contributed by atoms with van der Waals surface area (Å²) < 4.78 is 24.4. The fourth-order valence-electron chi connectivity index (χ4n) is 2.04. The van der Waals surface area contributed by atoms with E-state index in [4.69, 9.17) is 9.47 Å². The molecule has 0 spiro atoms. The topological polar surface area (TPSA) is 47.6 Å². The molecule has 1 aliphatic rings. The van der Waals surface area contributed by atoms with E-state index < -0.39 is 5.82 Å². The lowest BCUT2D eigenvalue weighted by molar-refractivity contribution is 0.0950. The summed E-state index contributed by atoms with van der Waals surface area (Å²) in [6.45, 7) is 0.460. The van der Waals surface area contributed by atoms with Gasteiger partial charge in [0.15, 0.2) is 11.5 Å². The van der Waals surface area contributed by atoms with Crippen LogP contribution in [0.5, 0.6) is 11.5 Å². The van der Waals surface area contributed by atoms with Gasteiger partial charge in [-0.1, -0.05) is 12.1 Å². The SMILES string of the molecule is O=C(NCc1cccc2c1OCO2)c1ccc(Br)c(F)c1. The average Bonchev–Trinajstić information content (AvgIpc) is 2.96. The van der Waals surface area contributed by atoms with Crippen molar-refractivity contribution in [1.29, 1.82) is 0 Å². The maximum Gasteiger partial charge on any atom is 0.251 e. The number of carbonyl (C=O) groups excluding carboxylic acids is 1. The molecule has 0 saturated heterocycles. The minimum absolute atomic E-state index is 0.179. The van der Waals surface area contributed by atoms with Crippen LogP contribution in [-0.2, 0) is 6.54 Å². The zero-order valence-corrected chi connectivity index (χ0v) is 12.4. The Morgan fingerprint density at radius 1 is 1.29 bits per heavy atom. The smallest absolute Gasteiger partial charge is 0.251 e. The number of amides is 1. The van der Waals surface area contributed by atoms with Crippen LogP contribution in [0, 0.1) is 5.82 Å². The second kappa shape index (κ2) is 5.73. The van der Waals surface area contributed by atoms with Crippen molar-refractivity contribution in [2.24, 2.45) is 0 Å². The number of nitrogens with one attached hydrogen (secondary N) is 1. The second-order valence-corrected chi connectivity index (χ2v) is 5.32. The van der Waals surface area contributed by atoms with Gasteiger partial charge in [0.25, 0.3) is 5.91 Å². The van der Waals surface area contributed by atoms with Crippen molar-refractivity contribution >= 4 is 21.8 Å². The third-order valence-corrected chi connectivity index (χ3v) is 3.74. The maximum absolute atomic E-state index is 13.4. The highest BCUT2D eigenvalue weighted by atomic mass is 79.9. The zero-order chi connectivity index (χ0) is 14.8. The van der Waals surface area contributed by atoms with Crippen LogP contribution in [0.4, 0.5) is 4.39 Å². The molecule has 2 aromatic carbocycles. The van der Waals surface area contributed by atoms with Gasteiger partial charge >= 0.3 is 0 Å². The molecule has 0 saturated carbocycles. The maximum atomic E-state index is 13.4. The highest BCUT2D eigenvalue weighted by Crippen LogP contribution is 2.35. The van der Waals surface area contributed by atoms with Crippen LogP contribution in [0.25, 0.3) is 0 Å². The lowest BCUT2D eigenvalue weighted by atomic mass is 10.1. The Hall–Kier alpha value is -2.08. The molecule has 0 radical (unpaired) electrons. The summed E-state index contributed by atoms with van der Waals surface area (Å²) in [6.07, 6.45) is 0. The van der Waals surface area contributed by atoms with Crippen molar-refractivity contribution in [3.8, 4) is 11.5 Å². The summed E-state index contributed by atoms with van der Waals surface area (Å²) >= 11 is 3.05. The van der Waals surface area contributed by atoms with Crippen molar-refractivity contribution < 1.29 is 18.7 Å². The van der Waals surface area contributed by atoms with E-state index in [0.29, 0.717) is 16.0 Å². The van der Waals surface area contributed by atoms with Gasteiger partial charge in [0, 0.05) is 17.7 Å². The Bertz CT molecular complexity index is 705. The Morgan fingerprint density at radius 3 is 2.95 bits per heavy atom. The van der Waals surface area contributed by atoms with Crippen molar-refractivity contribution in [1.82, 2.24) is 5.32 Å². The standard InChI is InChI=1S/C15H11BrFNO3/c16-11-5-4-9(6-12(11)17)15(19)18-7-10-2-1-3-13-14(10)21-8-20-13/h1-6H,7-8H2,(H,18,19). The van der Waals surface area contributed by atoms with E-state index in [9.17, 15) is 9.18 Å². The molecule has 0 aliphatic carbocycles. The van der Waals surface area contributed by atoms with Gasteiger partial charge in [-0.05, 0) is 40.2 Å². The van der Waals surface area contributed by atoms with Crippen LogP contribution in [0.15, 0.2) is 40.9 Å². The molecule has 0 fully saturated rings. The molecule has 3 rings (SSSR count). The Labute approximate surface area is 129 Å². The molecule has 2 aromatic rings. The van der Waals surface area contributed by atoms with E-state index >= 15 is 0 Å². The van der Waals surface area contributed by atoms with E-state index in [1.807, 2.05) is 12.1 Å².